The first-order valence-corrected chi connectivity index (χ1v) is 9.98. The number of quaternary nitrogens is 1. The summed E-state index contributed by atoms with van der Waals surface area (Å²) in [6.45, 7) is 6.48. The van der Waals surface area contributed by atoms with Gasteiger partial charge in [0.15, 0.2) is 0 Å². The molecule has 7 nitrogen and oxygen atoms in total. The molecule has 0 bridgehead atoms. The summed E-state index contributed by atoms with van der Waals surface area (Å²) in [5, 5.41) is 9.70. The number of halogens is 1. The van der Waals surface area contributed by atoms with E-state index in [0.717, 1.165) is 38.5 Å². The number of hydrogen-bond acceptors (Lipinski definition) is 5. The fraction of sp³-hybridized carbons (Fsp3) is 0.364. The molecular weight excluding hydrogens is 387 g/mol. The van der Waals surface area contributed by atoms with Crippen molar-refractivity contribution in [1.29, 1.82) is 5.26 Å². The van der Waals surface area contributed by atoms with Crippen LogP contribution in [0.25, 0.3) is 0 Å². The Bertz CT molecular complexity index is 1080. The second-order valence-corrected chi connectivity index (χ2v) is 7.61. The lowest BCUT2D eigenvalue weighted by Gasteiger charge is -2.28. The monoisotopic (exact) mass is 411 g/mol. The summed E-state index contributed by atoms with van der Waals surface area (Å²) in [5.41, 5.74) is 7.67. The van der Waals surface area contributed by atoms with Crippen molar-refractivity contribution in [3.63, 3.8) is 0 Å². The minimum atomic E-state index is -0.700. The molecule has 4 rings (SSSR count). The number of allylic oxidation sites excluding steroid dienone is 1. The summed E-state index contributed by atoms with van der Waals surface area (Å²) < 4.78 is 26.2. The third-order valence-electron chi connectivity index (χ3n) is 5.78. The molecule has 1 fully saturated rings. The average molecular weight is 411 g/mol. The molecule has 1 aromatic carbocycles. The van der Waals surface area contributed by atoms with E-state index < -0.39 is 11.7 Å². The lowest BCUT2D eigenvalue weighted by atomic mass is 9.84. The van der Waals surface area contributed by atoms with Crippen LogP contribution in [0, 0.1) is 24.1 Å². The zero-order valence-corrected chi connectivity index (χ0v) is 16.8. The van der Waals surface area contributed by atoms with Crippen LogP contribution in [-0.4, -0.2) is 37.4 Å². The fourth-order valence-electron chi connectivity index (χ4n) is 4.13. The number of aromatic nitrogens is 1. The van der Waals surface area contributed by atoms with Gasteiger partial charge in [0, 0.05) is 11.8 Å². The number of pyridine rings is 1. The van der Waals surface area contributed by atoms with Crippen molar-refractivity contribution < 1.29 is 18.8 Å². The minimum Gasteiger partial charge on any atom is -0.440 e. The first-order chi connectivity index (χ1) is 14.5. The second kappa shape index (κ2) is 8.30. The van der Waals surface area contributed by atoms with Crippen molar-refractivity contribution in [2.75, 3.05) is 32.8 Å². The van der Waals surface area contributed by atoms with Crippen LogP contribution < -0.4 is 20.9 Å². The summed E-state index contributed by atoms with van der Waals surface area (Å²) in [5.74, 6) is -0.780. The Hall–Kier alpha value is -3.15. The van der Waals surface area contributed by atoms with E-state index in [1.165, 1.54) is 17.0 Å². The highest BCUT2D eigenvalue weighted by Gasteiger charge is 2.34. The number of morpholine rings is 1. The van der Waals surface area contributed by atoms with Crippen LogP contribution in [0.3, 0.4) is 0 Å². The van der Waals surface area contributed by atoms with Crippen LogP contribution in [0.5, 0.6) is 5.75 Å². The molecule has 0 spiro atoms. The molecule has 0 aliphatic carbocycles. The number of nitrogens with zero attached hydrogens (tertiary/aromatic N) is 2. The van der Waals surface area contributed by atoms with Crippen LogP contribution in [0.2, 0.25) is 0 Å². The number of nitrogens with one attached hydrogen (secondary N) is 1. The zero-order chi connectivity index (χ0) is 21.3. The maximum Gasteiger partial charge on any atom is 0.258 e. The quantitative estimate of drug-likeness (QED) is 0.761. The standard InChI is InChI=1S/C22H23FN4O3/c1-14-12-18-20(22(28)27(14)7-6-26-8-10-29-11-9-26)19(17(13-24)21(25)30-18)15-2-4-16(23)5-3-15/h2-5,12,19H,6-11,25H2,1H3/p+1/t19-/m1/s1. The smallest absolute Gasteiger partial charge is 0.258 e. The van der Waals surface area contributed by atoms with Gasteiger partial charge in [0.2, 0.25) is 5.88 Å². The highest BCUT2D eigenvalue weighted by atomic mass is 19.1. The molecule has 2 aliphatic rings. The van der Waals surface area contributed by atoms with Crippen molar-refractivity contribution in [3.05, 3.63) is 74.8 Å². The lowest BCUT2D eigenvalue weighted by molar-refractivity contribution is -0.908. The summed E-state index contributed by atoms with van der Waals surface area (Å²) >= 11 is 0. The second-order valence-electron chi connectivity index (χ2n) is 7.61. The summed E-state index contributed by atoms with van der Waals surface area (Å²) in [6.07, 6.45) is 0. The number of aryl methyl sites for hydroxylation is 1. The zero-order valence-electron chi connectivity index (χ0n) is 16.8. The summed E-state index contributed by atoms with van der Waals surface area (Å²) in [6, 6.07) is 9.61. The van der Waals surface area contributed by atoms with Crippen LogP contribution >= 0.6 is 0 Å². The normalized spacial score (nSPS) is 19.2. The van der Waals surface area contributed by atoms with Crippen LogP contribution in [-0.2, 0) is 11.3 Å². The molecule has 3 heterocycles. The third kappa shape index (κ3) is 3.70. The van der Waals surface area contributed by atoms with Gasteiger partial charge >= 0.3 is 0 Å². The van der Waals surface area contributed by atoms with Gasteiger partial charge in [0.05, 0.1) is 37.8 Å². The van der Waals surface area contributed by atoms with Crippen molar-refractivity contribution in [2.24, 2.45) is 5.73 Å². The van der Waals surface area contributed by atoms with E-state index in [2.05, 4.69) is 6.07 Å². The third-order valence-corrected chi connectivity index (χ3v) is 5.78. The molecule has 8 heteroatoms. The Morgan fingerprint density at radius 1 is 1.30 bits per heavy atom. The van der Waals surface area contributed by atoms with Crippen LogP contribution in [0.4, 0.5) is 4.39 Å². The molecule has 0 unspecified atom stereocenters. The minimum absolute atomic E-state index is 0.0337. The van der Waals surface area contributed by atoms with E-state index in [0.29, 0.717) is 23.4 Å². The van der Waals surface area contributed by atoms with Gasteiger partial charge in [-0.15, -0.1) is 0 Å². The van der Waals surface area contributed by atoms with Crippen molar-refractivity contribution >= 4 is 0 Å². The molecule has 156 valence electrons. The van der Waals surface area contributed by atoms with Gasteiger partial charge in [0.25, 0.3) is 5.56 Å². The Labute approximate surface area is 173 Å². The predicted molar refractivity (Wildman–Crippen MR) is 108 cm³/mol. The van der Waals surface area contributed by atoms with Gasteiger partial charge < -0.3 is 24.7 Å². The van der Waals surface area contributed by atoms with E-state index in [4.69, 9.17) is 15.2 Å². The number of nitrogens with two attached hydrogens (primary N) is 1. The number of benzene rings is 1. The van der Waals surface area contributed by atoms with Gasteiger partial charge in [0.1, 0.15) is 36.3 Å². The number of hydrogen-bond donors (Lipinski definition) is 2. The Morgan fingerprint density at radius 2 is 2.00 bits per heavy atom. The summed E-state index contributed by atoms with van der Waals surface area (Å²) in [4.78, 5) is 14.9. The van der Waals surface area contributed by atoms with E-state index in [1.54, 1.807) is 22.8 Å². The van der Waals surface area contributed by atoms with E-state index in [1.807, 2.05) is 6.92 Å². The Morgan fingerprint density at radius 3 is 2.67 bits per heavy atom. The van der Waals surface area contributed by atoms with Gasteiger partial charge in [-0.05, 0) is 24.6 Å². The van der Waals surface area contributed by atoms with Gasteiger partial charge in [-0.25, -0.2) is 4.39 Å². The van der Waals surface area contributed by atoms with Crippen LogP contribution in [0.15, 0.2) is 46.6 Å². The maximum absolute atomic E-state index is 13.5. The van der Waals surface area contributed by atoms with Crippen LogP contribution in [0.1, 0.15) is 22.7 Å². The Balaban J connectivity index is 1.77. The average Bonchev–Trinajstić information content (AvgIpc) is 2.74. The lowest BCUT2D eigenvalue weighted by Crippen LogP contribution is -3.14. The highest BCUT2D eigenvalue weighted by molar-refractivity contribution is 5.55. The van der Waals surface area contributed by atoms with Gasteiger partial charge in [-0.1, -0.05) is 12.1 Å². The van der Waals surface area contributed by atoms with E-state index in [9.17, 15) is 14.4 Å². The topological polar surface area (TPSA) is 94.7 Å². The predicted octanol–water partition coefficient (Wildman–Crippen LogP) is 0.429. The first kappa shape index (κ1) is 20.1. The highest BCUT2D eigenvalue weighted by Crippen LogP contribution is 2.40. The van der Waals surface area contributed by atoms with Crippen molar-refractivity contribution in [2.45, 2.75) is 19.4 Å². The molecule has 3 N–H and O–H groups in total. The van der Waals surface area contributed by atoms with Gasteiger partial charge in [-0.2, -0.15) is 5.26 Å². The number of fused-ring (bicyclic) bond motifs is 1. The van der Waals surface area contributed by atoms with Gasteiger partial charge in [-0.3, -0.25) is 4.79 Å². The number of rotatable bonds is 4. The summed E-state index contributed by atoms with van der Waals surface area (Å²) in [7, 11) is 0. The largest absolute Gasteiger partial charge is 0.440 e. The molecule has 0 amide bonds. The number of ether oxygens (including phenoxy) is 2. The molecule has 1 saturated heterocycles. The molecule has 2 aliphatic heterocycles. The fourth-order valence-corrected chi connectivity index (χ4v) is 4.13. The van der Waals surface area contributed by atoms with E-state index >= 15 is 0 Å². The Kier molecular flexibility index (Phi) is 5.57. The van der Waals surface area contributed by atoms with E-state index in [-0.39, 0.29) is 17.0 Å². The SMILES string of the molecule is Cc1cc2c(c(=O)n1CC[NH+]1CCOCC1)[C@H](c1ccc(F)cc1)C(C#N)=C(N)O2. The molecule has 1 aromatic heterocycles. The maximum atomic E-state index is 13.5. The molecular formula is C22H24FN4O3+. The first-order valence-electron chi connectivity index (χ1n) is 9.98. The molecule has 2 aromatic rings. The molecule has 30 heavy (non-hydrogen) atoms. The molecule has 1 atom stereocenters. The van der Waals surface area contributed by atoms with Crippen molar-refractivity contribution in [1.82, 2.24) is 4.57 Å². The number of nitriles is 1. The van der Waals surface area contributed by atoms with Crippen molar-refractivity contribution in [3.8, 4) is 11.8 Å². The molecule has 0 saturated carbocycles. The molecule has 0 radical (unpaired) electrons.